The van der Waals surface area contributed by atoms with Crippen LogP contribution in [0.25, 0.3) is 0 Å². The number of nitrogens with two attached hydrogens (primary N) is 2. The van der Waals surface area contributed by atoms with E-state index in [9.17, 15) is 115 Å². The molecule has 18 unspecified atom stereocenters. The second-order valence-corrected chi connectivity index (χ2v) is 38.3. The number of likely N-dealkylation sites (N-methyl/N-ethyl adjacent to an activating group) is 1. The van der Waals surface area contributed by atoms with Crippen molar-refractivity contribution in [1.29, 1.82) is 0 Å². The second kappa shape index (κ2) is 61.3. The molecule has 24 N–H and O–H groups in total. The fourth-order valence-electron chi connectivity index (χ4n) is 15.2. The third-order valence-electron chi connectivity index (χ3n) is 24.7. The lowest BCUT2D eigenvalue weighted by Gasteiger charge is -2.30. The number of amides is 23. The molecule has 48 nitrogen and oxygen atoms in total. The number of carbonyl (C=O) groups is 23. The molecule has 3 aliphatic rings. The van der Waals surface area contributed by atoms with E-state index >= 15 is 0 Å². The van der Waals surface area contributed by atoms with Crippen molar-refractivity contribution in [1.82, 2.24) is 116 Å². The van der Waals surface area contributed by atoms with Gasteiger partial charge in [0, 0.05) is 44.3 Å². The van der Waals surface area contributed by atoms with Crippen molar-refractivity contribution in [2.24, 2.45) is 41.1 Å². The summed E-state index contributed by atoms with van der Waals surface area (Å²) in [6.07, 6.45) is 6.03. The van der Waals surface area contributed by atoms with Gasteiger partial charge in [-0.1, -0.05) is 137 Å². The summed E-state index contributed by atoms with van der Waals surface area (Å²) < 4.78 is 0. The molecule has 0 radical (unpaired) electrons. The fourth-order valence-corrected chi connectivity index (χ4v) is 15.9. The topological polar surface area (TPSA) is 703 Å². The van der Waals surface area contributed by atoms with Crippen molar-refractivity contribution in [3.63, 3.8) is 0 Å². The summed E-state index contributed by atoms with van der Waals surface area (Å²) in [7, 11) is 3.40. The third kappa shape index (κ3) is 39.2. The number of aliphatic hydroxyl groups is 1. The van der Waals surface area contributed by atoms with Gasteiger partial charge < -0.3 is 127 Å². The number of carbonyl (C=O) groups excluding carboxylic acids is 23. The first kappa shape index (κ1) is 124. The summed E-state index contributed by atoms with van der Waals surface area (Å²) in [6, 6.07) is -13.2. The monoisotopic (exact) mass is 2070 g/mol. The van der Waals surface area contributed by atoms with E-state index in [0.29, 0.717) is 24.8 Å². The Bertz CT molecular complexity index is 5020. The van der Waals surface area contributed by atoms with E-state index < -0.39 is 295 Å². The molecule has 23 amide bonds. The lowest BCUT2D eigenvalue weighted by atomic mass is 9.95. The number of hydrogen-bond donors (Lipinski definition) is 22. The third-order valence-corrected chi connectivity index (χ3v) is 25.5. The van der Waals surface area contributed by atoms with Crippen LogP contribution < -0.4 is 112 Å². The molecule has 0 aliphatic carbocycles. The Morgan fingerprint density at radius 3 is 1.48 bits per heavy atom. The predicted octanol–water partition coefficient (Wildman–Crippen LogP) is -3.97. The summed E-state index contributed by atoms with van der Waals surface area (Å²) in [5, 5.41) is 60.0. The van der Waals surface area contributed by atoms with Crippen molar-refractivity contribution in [3.8, 4) is 0 Å². The Labute approximate surface area is 854 Å². The minimum Gasteiger partial charge on any atom is -0.394 e. The van der Waals surface area contributed by atoms with Gasteiger partial charge in [-0.15, -0.1) is 11.8 Å². The normalized spacial score (nSPS) is 19.1. The molecule has 808 valence electrons. The lowest BCUT2D eigenvalue weighted by Crippen LogP contribution is -2.62. The maximum atomic E-state index is 14.8. The lowest BCUT2D eigenvalue weighted by molar-refractivity contribution is -0.138. The maximum absolute atomic E-state index is 14.8. The number of primary amides is 2. The molecule has 1 aromatic carbocycles. The predicted molar refractivity (Wildman–Crippen MR) is 537 cm³/mol. The van der Waals surface area contributed by atoms with Crippen LogP contribution in [0.3, 0.4) is 0 Å². The number of likely N-dealkylation sites (tertiary alicyclic amines) is 2. The van der Waals surface area contributed by atoms with Crippen LogP contribution in [0.15, 0.2) is 89.0 Å². The van der Waals surface area contributed by atoms with Gasteiger partial charge in [-0.3, -0.25) is 115 Å². The van der Waals surface area contributed by atoms with Gasteiger partial charge in [0.25, 0.3) is 23.6 Å². The van der Waals surface area contributed by atoms with Gasteiger partial charge in [0.15, 0.2) is 0 Å². The Morgan fingerprint density at radius 2 is 0.959 bits per heavy atom. The zero-order valence-corrected chi connectivity index (χ0v) is 87.6. The fraction of sp³-hybridized carbons (Fsp3) is 0.598. The summed E-state index contributed by atoms with van der Waals surface area (Å²) in [6.45, 7) is 26.3. The molecule has 0 spiro atoms. The second-order valence-electron chi connectivity index (χ2n) is 37.3. The molecule has 146 heavy (non-hydrogen) atoms. The van der Waals surface area contributed by atoms with Gasteiger partial charge in [-0.05, 0) is 155 Å². The Hall–Kier alpha value is -14.0. The molecule has 18 atom stereocenters. The number of aliphatic hydroxyl groups excluding tert-OH is 1. The van der Waals surface area contributed by atoms with Gasteiger partial charge in [0.05, 0.1) is 19.2 Å². The smallest absolute Gasteiger partial charge is 0.270 e. The number of nitrogens with zero attached hydrogens (tertiary/aromatic N) is 3. The standard InChI is InChI=1S/C97H150N24O24S/c1-21-52(13)76(95(143)114-68-48-146-43-40-100-92(140)74(50(9)10)115-86(134)65(44-49(7)8)112-89(68)137)117-84(132)60(24-4)106-88(136)67(47-122)105-73(125)46-101-82(130)63(36-38-71(98)123)111-94(142)77(53(14)22-2)118-93(141)75(51(11)12)116-87(135)66(45-58-32-28-27-29-33-58)113-85(133)64(37-39-72(99)124)110-80(128)55(16)102-78(126)54(15)103-83(131)59(23-3)107-91(139)70-35-31-42-121(70)96(144)61(25-5)108-79(127)56(17)104-90(138)69-34-30-41-120(69)97(145)62(26-6)109-81(129)57(18)119(19)20/h23-29,32-33,40,43,49-57,63-70,74-77,122H,21-22,30-31,34-39,41-42,44-48H2,1-20H3,(H2,98,123)(H2,99,124)(H,100,140)(H,101,130)(H,102,126)(H,103,131)(H,104,138)(H,105,125)(H,106,136)(H,107,139)(H,108,127)(H,109,129)(H,110,128)(H,111,142)(H,112,137)(H,113,133)(H,114,143)(H,115,134)(H,116,135)(H,117,132)(H,118,141). The SMILES string of the molecule is CC=C(NC(=O)C(CO)NC(=O)CNC(=O)C(CCC(N)=O)NC(=O)C(NC(=O)C(NC(=O)C(Cc1ccccc1)NC(=O)C(CCC(N)=O)NC(=O)C(C)NC(=O)C(C)NC(=O)C(=CC)NC(=O)C1CCCN1C(=O)C(=CC)NC(=O)C(C)NC(=O)C1CCCN1C(=O)C(=CC)NC(=O)C(C)N(C)C)C(C)C)C(C)CC)C(=O)NC(C(=O)NC1CSC=CNC(=O)C(C(C)C)NC(=O)C(CC(C)C)NC1=O)C(C)CC. The van der Waals surface area contributed by atoms with E-state index in [1.807, 2.05) is 13.8 Å². The van der Waals surface area contributed by atoms with E-state index in [-0.39, 0.29) is 79.9 Å². The van der Waals surface area contributed by atoms with Gasteiger partial charge in [-0.25, -0.2) is 0 Å². The molecular formula is C97H150N24O24S. The molecular weight excluding hydrogens is 1920 g/mol. The number of allylic oxidation sites excluding steroid dienone is 4. The van der Waals surface area contributed by atoms with E-state index in [1.165, 1.54) is 81.2 Å². The first-order valence-electron chi connectivity index (χ1n) is 48.9. The Morgan fingerprint density at radius 1 is 0.486 bits per heavy atom. The van der Waals surface area contributed by atoms with Crippen LogP contribution in [0.2, 0.25) is 0 Å². The van der Waals surface area contributed by atoms with Crippen LogP contribution in [-0.4, -0.2) is 298 Å². The molecule has 4 rings (SSSR count). The average Bonchev–Trinajstić information content (AvgIpc) is 1.71. The minimum atomic E-state index is -1.81. The first-order valence-corrected chi connectivity index (χ1v) is 50.0. The van der Waals surface area contributed by atoms with Crippen LogP contribution in [0.4, 0.5) is 0 Å². The Balaban J connectivity index is 1.42. The molecule has 3 heterocycles. The maximum Gasteiger partial charge on any atom is 0.270 e. The molecule has 0 aromatic heterocycles. The minimum absolute atomic E-state index is 0.0257. The highest BCUT2D eigenvalue weighted by Gasteiger charge is 2.44. The molecule has 0 bridgehead atoms. The molecule has 2 fully saturated rings. The molecule has 2 saturated heterocycles. The summed E-state index contributed by atoms with van der Waals surface area (Å²) in [4.78, 5) is 321. The zero-order valence-electron chi connectivity index (χ0n) is 86.7. The van der Waals surface area contributed by atoms with Gasteiger partial charge in [0.1, 0.15) is 113 Å². The van der Waals surface area contributed by atoms with Crippen molar-refractivity contribution in [3.05, 3.63) is 94.6 Å². The summed E-state index contributed by atoms with van der Waals surface area (Å²) in [5.41, 5.74) is 10.4. The molecule has 49 heteroatoms. The van der Waals surface area contributed by atoms with Crippen LogP contribution in [0.5, 0.6) is 0 Å². The van der Waals surface area contributed by atoms with Gasteiger partial charge in [-0.2, -0.15) is 0 Å². The van der Waals surface area contributed by atoms with Crippen molar-refractivity contribution >= 4 is 148 Å². The Kier molecular flexibility index (Phi) is 52.2. The van der Waals surface area contributed by atoms with Crippen LogP contribution in [0.1, 0.15) is 201 Å². The van der Waals surface area contributed by atoms with Gasteiger partial charge >= 0.3 is 0 Å². The summed E-state index contributed by atoms with van der Waals surface area (Å²) >= 11 is 1.06. The van der Waals surface area contributed by atoms with Crippen molar-refractivity contribution in [2.75, 3.05) is 46.1 Å². The highest BCUT2D eigenvalue weighted by atomic mass is 32.2. The largest absolute Gasteiger partial charge is 0.394 e. The van der Waals surface area contributed by atoms with E-state index in [2.05, 4.69) is 101 Å². The molecule has 1 aromatic rings. The van der Waals surface area contributed by atoms with Crippen LogP contribution in [-0.2, 0) is 117 Å². The number of rotatable bonds is 52. The van der Waals surface area contributed by atoms with Crippen LogP contribution in [0, 0.1) is 29.6 Å². The number of thioether (sulfide) groups is 1. The van der Waals surface area contributed by atoms with Crippen LogP contribution >= 0.6 is 11.8 Å². The average molecular weight is 2070 g/mol. The van der Waals surface area contributed by atoms with E-state index in [1.54, 1.807) is 119 Å². The quantitative estimate of drug-likeness (QED) is 0.0277. The highest BCUT2D eigenvalue weighted by Crippen LogP contribution is 2.24. The highest BCUT2D eigenvalue weighted by molar-refractivity contribution is 8.02. The van der Waals surface area contributed by atoms with Crippen molar-refractivity contribution in [2.45, 2.75) is 298 Å². The van der Waals surface area contributed by atoms with E-state index in [0.717, 1.165) is 17.8 Å². The molecule has 3 aliphatic heterocycles. The van der Waals surface area contributed by atoms with E-state index in [4.69, 9.17) is 11.5 Å². The first-order chi connectivity index (χ1) is 68.7. The summed E-state index contributed by atoms with van der Waals surface area (Å²) in [5.74, 6) is -22.6. The number of hydrogen-bond acceptors (Lipinski definition) is 26. The number of nitrogens with one attached hydrogen (secondary N) is 19. The van der Waals surface area contributed by atoms with Crippen molar-refractivity contribution < 1.29 is 115 Å². The molecule has 0 saturated carbocycles. The zero-order chi connectivity index (χ0) is 110. The number of benzene rings is 1. The van der Waals surface area contributed by atoms with Gasteiger partial charge in [0.2, 0.25) is 112 Å².